The van der Waals surface area contributed by atoms with Gasteiger partial charge >= 0.3 is 0 Å². The van der Waals surface area contributed by atoms with Crippen LogP contribution in [0.5, 0.6) is 0 Å². The van der Waals surface area contributed by atoms with Gasteiger partial charge in [-0.1, -0.05) is 53.4 Å². The highest BCUT2D eigenvalue weighted by Gasteiger charge is 1.99. The van der Waals surface area contributed by atoms with Crippen molar-refractivity contribution in [1.29, 1.82) is 0 Å². The Balaban J connectivity index is 3.13. The average Bonchev–Trinajstić information content (AvgIpc) is 2.04. The molecule has 0 N–H and O–H groups in total. The largest absolute Gasteiger partial charge is 0.0651 e. The monoisotopic (exact) mass is 143 g/mol. The lowest BCUT2D eigenvalue weighted by atomic mass is 9.98. The molecule has 0 amide bonds. The van der Waals surface area contributed by atoms with E-state index in [4.69, 9.17) is 1.37 Å². The van der Waals surface area contributed by atoms with Crippen LogP contribution in [0.15, 0.2) is 0 Å². The maximum atomic E-state index is 7.14. The summed E-state index contributed by atoms with van der Waals surface area (Å²) < 4.78 is 7.14. The molecule has 0 aliphatic carbocycles. The topological polar surface area (TPSA) is 0 Å². The fourth-order valence-electron chi connectivity index (χ4n) is 1.02. The highest BCUT2D eigenvalue weighted by atomic mass is 14.0. The molecule has 0 fully saturated rings. The number of hydrogen-bond donors (Lipinski definition) is 0. The Morgan fingerprint density at radius 2 is 2.00 bits per heavy atom. The van der Waals surface area contributed by atoms with Crippen LogP contribution >= 0.6 is 0 Å². The Morgan fingerprint density at radius 3 is 2.50 bits per heavy atom. The van der Waals surface area contributed by atoms with Crippen molar-refractivity contribution in [3.8, 4) is 0 Å². The molecule has 0 aromatic rings. The quantitative estimate of drug-likeness (QED) is 0.548. The van der Waals surface area contributed by atoms with Gasteiger partial charge in [-0.15, -0.1) is 0 Å². The third kappa shape index (κ3) is 6.12. The summed E-state index contributed by atoms with van der Waals surface area (Å²) in [5, 5.41) is 0. The standard InChI is InChI=1S/C10H22/c1-5-10(4)8-6-7-9(2)3/h9-10H,5-8H2,1-4H3/i2D. The Kier molecular flexibility index (Phi) is 4.67. The summed E-state index contributed by atoms with van der Waals surface area (Å²) in [6.45, 7) is 7.33. The summed E-state index contributed by atoms with van der Waals surface area (Å²) in [5.74, 6) is 1.49. The Bertz CT molecular complexity index is 70.9. The first-order valence-corrected chi connectivity index (χ1v) is 4.49. The molecule has 0 radical (unpaired) electrons. The summed E-state index contributed by atoms with van der Waals surface area (Å²) in [4.78, 5) is 0. The van der Waals surface area contributed by atoms with E-state index in [1.54, 1.807) is 0 Å². The van der Waals surface area contributed by atoms with Crippen LogP contribution in [0.25, 0.3) is 0 Å². The van der Waals surface area contributed by atoms with Crippen molar-refractivity contribution >= 4 is 0 Å². The summed E-state index contributed by atoms with van der Waals surface area (Å²) in [7, 11) is 0. The van der Waals surface area contributed by atoms with Gasteiger partial charge in [-0.05, 0) is 11.8 Å². The first-order chi connectivity index (χ1) is 5.20. The molecule has 0 heteroatoms. The first-order valence-electron chi connectivity index (χ1n) is 5.20. The van der Waals surface area contributed by atoms with E-state index in [1.807, 2.05) is 0 Å². The second-order valence-corrected chi connectivity index (χ2v) is 3.55. The van der Waals surface area contributed by atoms with Crippen LogP contribution in [0.2, 0.25) is 0 Å². The van der Waals surface area contributed by atoms with Crippen LogP contribution in [0.3, 0.4) is 0 Å². The van der Waals surface area contributed by atoms with E-state index in [0.29, 0.717) is 12.8 Å². The van der Waals surface area contributed by atoms with Crippen molar-refractivity contribution in [2.24, 2.45) is 11.8 Å². The summed E-state index contributed by atoms with van der Waals surface area (Å²) in [5.41, 5.74) is 0. The van der Waals surface area contributed by atoms with Crippen LogP contribution in [0.4, 0.5) is 0 Å². The van der Waals surface area contributed by atoms with E-state index in [2.05, 4.69) is 20.8 Å². The van der Waals surface area contributed by atoms with Gasteiger partial charge in [0, 0.05) is 1.37 Å². The number of rotatable bonds is 5. The van der Waals surface area contributed by atoms with Crippen LogP contribution < -0.4 is 0 Å². The second kappa shape index (κ2) is 5.76. The molecule has 0 spiro atoms. The molecule has 0 bridgehead atoms. The van der Waals surface area contributed by atoms with Crippen LogP contribution in [-0.4, -0.2) is 0 Å². The molecule has 0 heterocycles. The van der Waals surface area contributed by atoms with Crippen molar-refractivity contribution in [3.05, 3.63) is 0 Å². The molecule has 0 saturated carbocycles. The van der Waals surface area contributed by atoms with Gasteiger partial charge in [0.1, 0.15) is 0 Å². The maximum Gasteiger partial charge on any atom is 0.0233 e. The van der Waals surface area contributed by atoms with E-state index >= 15 is 0 Å². The van der Waals surface area contributed by atoms with Crippen molar-refractivity contribution in [2.45, 2.75) is 53.4 Å². The average molecular weight is 143 g/mol. The van der Waals surface area contributed by atoms with Crippen molar-refractivity contribution in [1.82, 2.24) is 0 Å². The Morgan fingerprint density at radius 1 is 1.30 bits per heavy atom. The first kappa shape index (κ1) is 8.10. The molecule has 0 aromatic carbocycles. The smallest absolute Gasteiger partial charge is 0.0233 e. The summed E-state index contributed by atoms with van der Waals surface area (Å²) in [6.07, 6.45) is 5.21. The minimum Gasteiger partial charge on any atom is -0.0651 e. The Labute approximate surface area is 67.4 Å². The molecule has 62 valence electrons. The lowest BCUT2D eigenvalue weighted by Crippen LogP contribution is -1.94. The minimum absolute atomic E-state index is 0.598. The van der Waals surface area contributed by atoms with Gasteiger partial charge in [-0.25, -0.2) is 0 Å². The zero-order valence-corrected chi connectivity index (χ0v) is 7.69. The van der Waals surface area contributed by atoms with Crippen molar-refractivity contribution < 1.29 is 1.37 Å². The highest BCUT2D eigenvalue weighted by molar-refractivity contribution is 4.52. The third-order valence-electron chi connectivity index (χ3n) is 2.09. The van der Waals surface area contributed by atoms with E-state index in [-0.39, 0.29) is 0 Å². The zero-order valence-electron chi connectivity index (χ0n) is 8.69. The summed E-state index contributed by atoms with van der Waals surface area (Å²) in [6, 6.07) is 0. The van der Waals surface area contributed by atoms with Crippen molar-refractivity contribution in [3.63, 3.8) is 0 Å². The molecule has 0 aliphatic heterocycles. The lowest BCUT2D eigenvalue weighted by Gasteiger charge is -2.08. The maximum absolute atomic E-state index is 7.14. The second-order valence-electron chi connectivity index (χ2n) is 3.55. The summed E-state index contributed by atoms with van der Waals surface area (Å²) >= 11 is 0. The van der Waals surface area contributed by atoms with Crippen LogP contribution in [-0.2, 0) is 0 Å². The van der Waals surface area contributed by atoms with E-state index in [0.717, 1.165) is 5.92 Å². The normalized spacial score (nSPS) is 18.1. The molecule has 0 nitrogen and oxygen atoms in total. The molecule has 10 heavy (non-hydrogen) atoms. The van der Waals surface area contributed by atoms with Crippen molar-refractivity contribution in [2.75, 3.05) is 0 Å². The lowest BCUT2D eigenvalue weighted by molar-refractivity contribution is 0.449. The van der Waals surface area contributed by atoms with Gasteiger partial charge in [-0.2, -0.15) is 0 Å². The van der Waals surface area contributed by atoms with Gasteiger partial charge in [0.15, 0.2) is 0 Å². The molecular weight excluding hydrogens is 120 g/mol. The molecular formula is C10H22. The van der Waals surface area contributed by atoms with Gasteiger partial charge in [0.05, 0.1) is 0 Å². The van der Waals surface area contributed by atoms with E-state index < -0.39 is 0 Å². The van der Waals surface area contributed by atoms with Crippen LogP contribution in [0, 0.1) is 11.8 Å². The fraction of sp³-hybridized carbons (Fsp3) is 1.00. The molecule has 0 rings (SSSR count). The SMILES string of the molecule is [2H]CC(C)CCCC(C)CC. The highest BCUT2D eigenvalue weighted by Crippen LogP contribution is 2.14. The number of hydrogen-bond acceptors (Lipinski definition) is 0. The zero-order chi connectivity index (χ0) is 8.69. The molecule has 0 aromatic heterocycles. The van der Waals surface area contributed by atoms with Gasteiger partial charge in [0.25, 0.3) is 0 Å². The van der Waals surface area contributed by atoms with Crippen LogP contribution in [0.1, 0.15) is 54.7 Å². The molecule has 0 saturated heterocycles. The van der Waals surface area contributed by atoms with E-state index in [9.17, 15) is 0 Å². The molecule has 2 atom stereocenters. The minimum atomic E-state index is 0.598. The molecule has 2 unspecified atom stereocenters. The predicted molar refractivity (Wildman–Crippen MR) is 48.1 cm³/mol. The van der Waals surface area contributed by atoms with Gasteiger partial charge < -0.3 is 0 Å². The Hall–Kier alpha value is 0. The van der Waals surface area contributed by atoms with E-state index in [1.165, 1.54) is 25.7 Å². The fourth-order valence-corrected chi connectivity index (χ4v) is 1.02. The third-order valence-corrected chi connectivity index (χ3v) is 2.09. The van der Waals surface area contributed by atoms with Gasteiger partial charge in [-0.3, -0.25) is 0 Å². The predicted octanol–water partition coefficient (Wildman–Crippen LogP) is 3.86. The molecule has 0 aliphatic rings. The van der Waals surface area contributed by atoms with Gasteiger partial charge in [0.2, 0.25) is 0 Å².